The molecule has 5 nitrogen and oxygen atoms in total. The van der Waals surface area contributed by atoms with E-state index < -0.39 is 0 Å². The van der Waals surface area contributed by atoms with Crippen molar-refractivity contribution < 1.29 is 14.3 Å². The van der Waals surface area contributed by atoms with Gasteiger partial charge in [-0.2, -0.15) is 0 Å². The zero-order chi connectivity index (χ0) is 17.8. The van der Waals surface area contributed by atoms with Crippen LogP contribution >= 0.6 is 35.3 Å². The molecule has 1 fully saturated rings. The maximum Gasteiger partial charge on any atom is 0.266 e. The first-order chi connectivity index (χ1) is 12.1. The summed E-state index contributed by atoms with van der Waals surface area (Å²) in [6, 6.07) is 10.9. The van der Waals surface area contributed by atoms with E-state index in [4.69, 9.17) is 17.0 Å². The number of amides is 2. The van der Waals surface area contributed by atoms with E-state index in [2.05, 4.69) is 5.32 Å². The summed E-state index contributed by atoms with van der Waals surface area (Å²) in [5.74, 6) is -0.0319. The van der Waals surface area contributed by atoms with Gasteiger partial charge in [0.25, 0.3) is 5.91 Å². The summed E-state index contributed by atoms with van der Waals surface area (Å²) in [4.78, 5) is 27.6. The van der Waals surface area contributed by atoms with Gasteiger partial charge in [0.1, 0.15) is 16.6 Å². The van der Waals surface area contributed by atoms with E-state index in [1.54, 1.807) is 24.3 Å². The van der Waals surface area contributed by atoms with Crippen molar-refractivity contribution in [3.8, 4) is 5.75 Å². The molecule has 1 aromatic heterocycles. The van der Waals surface area contributed by atoms with Gasteiger partial charge in [-0.25, -0.2) is 0 Å². The predicted molar refractivity (Wildman–Crippen MR) is 106 cm³/mol. The third kappa shape index (κ3) is 4.09. The van der Waals surface area contributed by atoms with Crippen LogP contribution in [0.25, 0.3) is 6.08 Å². The van der Waals surface area contributed by atoms with Crippen LogP contribution in [0.3, 0.4) is 0 Å². The summed E-state index contributed by atoms with van der Waals surface area (Å²) in [5, 5.41) is 4.68. The molecule has 25 heavy (non-hydrogen) atoms. The van der Waals surface area contributed by atoms with Crippen LogP contribution in [0.5, 0.6) is 5.75 Å². The lowest BCUT2D eigenvalue weighted by Gasteiger charge is -2.15. The first kappa shape index (κ1) is 17.7. The number of para-hydroxylation sites is 2. The maximum atomic E-state index is 12.5. The second-order valence-electron chi connectivity index (χ2n) is 5.03. The normalized spacial score (nSPS) is 15.7. The summed E-state index contributed by atoms with van der Waals surface area (Å²) in [7, 11) is 1.53. The van der Waals surface area contributed by atoms with Gasteiger partial charge in [-0.3, -0.25) is 14.5 Å². The van der Waals surface area contributed by atoms with Crippen molar-refractivity contribution in [2.75, 3.05) is 19.0 Å². The van der Waals surface area contributed by atoms with Crippen LogP contribution in [-0.2, 0) is 9.59 Å². The SMILES string of the molecule is COc1ccccc1NC(=O)CN1C(=O)/C(=C/c2cccs2)SC1=S. The third-order valence-electron chi connectivity index (χ3n) is 3.37. The fraction of sp³-hybridized carbons (Fsp3) is 0.118. The van der Waals surface area contributed by atoms with Crippen LogP contribution in [0.15, 0.2) is 46.7 Å². The standard InChI is InChI=1S/C17H14N2O3S3/c1-22-13-7-3-2-6-12(13)18-15(20)10-19-16(21)14(25-17(19)23)9-11-5-4-8-24-11/h2-9H,10H2,1H3,(H,18,20)/b14-9-. The minimum Gasteiger partial charge on any atom is -0.495 e. The molecule has 0 atom stereocenters. The molecule has 2 amide bonds. The van der Waals surface area contributed by atoms with Crippen LogP contribution in [0, 0.1) is 0 Å². The Morgan fingerprint density at radius 2 is 2.12 bits per heavy atom. The zero-order valence-corrected chi connectivity index (χ0v) is 15.7. The van der Waals surface area contributed by atoms with Gasteiger partial charge in [0.2, 0.25) is 5.91 Å². The Hall–Kier alpha value is -2.16. The number of benzene rings is 1. The molecule has 128 valence electrons. The lowest BCUT2D eigenvalue weighted by molar-refractivity contribution is -0.126. The predicted octanol–water partition coefficient (Wildman–Crippen LogP) is 3.60. The number of hydrogen-bond acceptors (Lipinski definition) is 6. The van der Waals surface area contributed by atoms with E-state index >= 15 is 0 Å². The summed E-state index contributed by atoms with van der Waals surface area (Å²) in [6.07, 6.45) is 1.79. The van der Waals surface area contributed by atoms with Gasteiger partial charge in [-0.1, -0.05) is 42.2 Å². The Labute approximate surface area is 158 Å². The number of carbonyl (C=O) groups is 2. The topological polar surface area (TPSA) is 58.6 Å². The highest BCUT2D eigenvalue weighted by Crippen LogP contribution is 2.33. The number of rotatable bonds is 5. The smallest absolute Gasteiger partial charge is 0.266 e. The molecule has 0 bridgehead atoms. The van der Waals surface area contributed by atoms with E-state index in [0.717, 1.165) is 4.88 Å². The van der Waals surface area contributed by atoms with Gasteiger partial charge >= 0.3 is 0 Å². The van der Waals surface area contributed by atoms with Gasteiger partial charge in [0.05, 0.1) is 17.7 Å². The number of nitrogens with zero attached hydrogens (tertiary/aromatic N) is 1. The maximum absolute atomic E-state index is 12.5. The van der Waals surface area contributed by atoms with Crippen molar-refractivity contribution in [3.63, 3.8) is 0 Å². The Morgan fingerprint density at radius 1 is 1.32 bits per heavy atom. The molecule has 0 radical (unpaired) electrons. The van der Waals surface area contributed by atoms with Crippen LogP contribution in [0.2, 0.25) is 0 Å². The number of nitrogens with one attached hydrogen (secondary N) is 1. The molecule has 1 aliphatic heterocycles. The van der Waals surface area contributed by atoms with E-state index in [-0.39, 0.29) is 18.4 Å². The molecule has 0 aliphatic carbocycles. The summed E-state index contributed by atoms with van der Waals surface area (Å²) >= 11 is 7.99. The van der Waals surface area contributed by atoms with Gasteiger partial charge in [0.15, 0.2) is 0 Å². The third-order valence-corrected chi connectivity index (χ3v) is 5.57. The van der Waals surface area contributed by atoms with E-state index in [1.165, 1.54) is 35.1 Å². The van der Waals surface area contributed by atoms with Gasteiger partial charge in [-0.05, 0) is 29.7 Å². The molecule has 0 spiro atoms. The van der Waals surface area contributed by atoms with E-state index in [0.29, 0.717) is 20.7 Å². The second-order valence-corrected chi connectivity index (χ2v) is 7.69. The highest BCUT2D eigenvalue weighted by molar-refractivity contribution is 8.26. The molecule has 1 saturated heterocycles. The fourth-order valence-corrected chi connectivity index (χ4v) is 4.20. The van der Waals surface area contributed by atoms with E-state index in [9.17, 15) is 9.59 Å². The molecule has 3 rings (SSSR count). The quantitative estimate of drug-likeness (QED) is 0.624. The van der Waals surface area contributed by atoms with Crippen LogP contribution < -0.4 is 10.1 Å². The first-order valence-electron chi connectivity index (χ1n) is 7.30. The molecule has 1 aliphatic rings. The first-order valence-corrected chi connectivity index (χ1v) is 9.40. The van der Waals surface area contributed by atoms with Crippen molar-refractivity contribution in [1.82, 2.24) is 4.90 Å². The molecule has 0 saturated carbocycles. The Morgan fingerprint density at radius 3 is 2.84 bits per heavy atom. The summed E-state index contributed by atoms with van der Waals surface area (Å²) < 4.78 is 5.58. The van der Waals surface area contributed by atoms with Crippen molar-refractivity contribution in [3.05, 3.63) is 51.6 Å². The number of hydrogen-bond donors (Lipinski definition) is 1. The highest BCUT2D eigenvalue weighted by Gasteiger charge is 2.33. The van der Waals surface area contributed by atoms with Crippen molar-refractivity contribution >= 4 is 63.2 Å². The van der Waals surface area contributed by atoms with Crippen LogP contribution in [-0.4, -0.2) is 34.7 Å². The molecule has 2 heterocycles. The summed E-state index contributed by atoms with van der Waals surface area (Å²) in [5.41, 5.74) is 0.551. The Balaban J connectivity index is 1.69. The number of methoxy groups -OCH3 is 1. The molecule has 1 aromatic carbocycles. The molecule has 2 aromatic rings. The zero-order valence-electron chi connectivity index (χ0n) is 13.2. The molecule has 8 heteroatoms. The Bertz CT molecular complexity index is 847. The minimum atomic E-state index is -0.335. The van der Waals surface area contributed by atoms with Gasteiger partial charge in [0, 0.05) is 4.88 Å². The lowest BCUT2D eigenvalue weighted by Crippen LogP contribution is -2.36. The Kier molecular flexibility index (Phi) is 5.52. The summed E-state index contributed by atoms with van der Waals surface area (Å²) in [6.45, 7) is -0.134. The number of thiophene rings is 1. The average molecular weight is 391 g/mol. The fourth-order valence-electron chi connectivity index (χ4n) is 2.22. The van der Waals surface area contributed by atoms with Crippen LogP contribution in [0.1, 0.15) is 4.88 Å². The monoisotopic (exact) mass is 390 g/mol. The number of thiocarbonyl (C=S) groups is 1. The largest absolute Gasteiger partial charge is 0.495 e. The highest BCUT2D eigenvalue weighted by atomic mass is 32.2. The van der Waals surface area contributed by atoms with E-state index in [1.807, 2.05) is 23.6 Å². The molecular formula is C17H14N2O3S3. The average Bonchev–Trinajstić information content (AvgIpc) is 3.20. The van der Waals surface area contributed by atoms with Gasteiger partial charge < -0.3 is 10.1 Å². The van der Waals surface area contributed by atoms with Crippen molar-refractivity contribution in [1.29, 1.82) is 0 Å². The number of carbonyl (C=O) groups excluding carboxylic acids is 2. The molecular weight excluding hydrogens is 376 g/mol. The molecule has 1 N–H and O–H groups in total. The number of thioether (sulfide) groups is 1. The van der Waals surface area contributed by atoms with Crippen molar-refractivity contribution in [2.45, 2.75) is 0 Å². The molecule has 0 unspecified atom stereocenters. The minimum absolute atomic E-state index is 0.134. The van der Waals surface area contributed by atoms with Crippen molar-refractivity contribution in [2.24, 2.45) is 0 Å². The lowest BCUT2D eigenvalue weighted by atomic mass is 10.3. The van der Waals surface area contributed by atoms with Crippen LogP contribution in [0.4, 0.5) is 5.69 Å². The number of ether oxygens (including phenoxy) is 1. The second kappa shape index (κ2) is 7.81. The van der Waals surface area contributed by atoms with Gasteiger partial charge in [-0.15, -0.1) is 11.3 Å². The number of anilines is 1.